The number of hydrogen-bond acceptors (Lipinski definition) is 5. The molecule has 1 rings (SSSR count). The molecule has 1 aromatic rings. The van der Waals surface area contributed by atoms with Gasteiger partial charge in [0.15, 0.2) is 0 Å². The zero-order valence-corrected chi connectivity index (χ0v) is 8.97. The molecule has 5 heteroatoms. The van der Waals surface area contributed by atoms with Crippen LogP contribution in [-0.2, 0) is 0 Å². The zero-order chi connectivity index (χ0) is 11.6. The summed E-state index contributed by atoms with van der Waals surface area (Å²) in [7, 11) is 0. The summed E-state index contributed by atoms with van der Waals surface area (Å²) in [6.07, 6.45) is 0. The van der Waals surface area contributed by atoms with Gasteiger partial charge in [0.1, 0.15) is 0 Å². The van der Waals surface area contributed by atoms with Gasteiger partial charge in [-0.3, -0.25) is 5.21 Å². The van der Waals surface area contributed by atoms with Gasteiger partial charge < -0.3 is 20.7 Å². The lowest BCUT2D eigenvalue weighted by Gasteiger charge is -2.43. The van der Waals surface area contributed by atoms with Gasteiger partial charge in [-0.1, -0.05) is 0 Å². The van der Waals surface area contributed by atoms with Crippen molar-refractivity contribution in [3.63, 3.8) is 0 Å². The summed E-state index contributed by atoms with van der Waals surface area (Å²) in [6, 6.07) is 5.77. The van der Waals surface area contributed by atoms with E-state index in [0.717, 1.165) is 5.06 Å². The topological polar surface area (TPSA) is 72.8 Å². The normalized spacial score (nSPS) is 11.3. The number of hydrogen-bond donors (Lipinski definition) is 1. The van der Waals surface area contributed by atoms with E-state index in [9.17, 15) is 10.4 Å². The third-order valence-electron chi connectivity index (χ3n) is 1.91. The molecule has 1 aromatic carbocycles. The van der Waals surface area contributed by atoms with E-state index in [2.05, 4.69) is 0 Å². The van der Waals surface area contributed by atoms with Crippen LogP contribution in [0.5, 0.6) is 0 Å². The van der Waals surface area contributed by atoms with Crippen molar-refractivity contribution in [2.45, 2.75) is 26.3 Å². The van der Waals surface area contributed by atoms with Crippen LogP contribution in [0.1, 0.15) is 20.8 Å². The Kier molecular flexibility index (Phi) is 3.18. The minimum absolute atomic E-state index is 0.0982. The molecule has 84 valence electrons. The van der Waals surface area contributed by atoms with Crippen LogP contribution in [0.25, 0.3) is 0 Å². The highest BCUT2D eigenvalue weighted by atomic mass is 16.8. The fourth-order valence-electron chi connectivity index (χ4n) is 1.10. The molecular weight excluding hydrogens is 196 g/mol. The predicted molar refractivity (Wildman–Crippen MR) is 59.7 cm³/mol. The minimum atomic E-state index is -0.530. The average molecular weight is 210 g/mol. The highest BCUT2D eigenvalue weighted by molar-refractivity contribution is 5.57. The Morgan fingerprint density at radius 2 is 1.40 bits per heavy atom. The van der Waals surface area contributed by atoms with Crippen molar-refractivity contribution < 1.29 is 5.21 Å². The van der Waals surface area contributed by atoms with E-state index < -0.39 is 5.54 Å². The second kappa shape index (κ2) is 4.06. The molecule has 0 saturated heterocycles. The van der Waals surface area contributed by atoms with Gasteiger partial charge in [0.05, 0.1) is 5.69 Å². The largest absolute Gasteiger partial charge is 0.758 e. The first kappa shape index (κ1) is 11.8. The van der Waals surface area contributed by atoms with Crippen LogP contribution in [0.4, 0.5) is 11.4 Å². The molecule has 0 fully saturated rings. The van der Waals surface area contributed by atoms with Crippen LogP contribution in [0.3, 0.4) is 0 Å². The van der Waals surface area contributed by atoms with E-state index in [1.165, 1.54) is 24.3 Å². The molecule has 0 radical (unpaired) electrons. The van der Waals surface area contributed by atoms with Crippen molar-refractivity contribution >= 4 is 11.4 Å². The molecule has 15 heavy (non-hydrogen) atoms. The molecule has 0 heterocycles. The Bertz CT molecular complexity index is 316. The molecule has 0 aliphatic carbocycles. The van der Waals surface area contributed by atoms with E-state index >= 15 is 0 Å². The number of nitrogens with zero attached hydrogens (tertiary/aromatic N) is 2. The number of benzene rings is 1. The molecule has 0 aliphatic rings. The molecule has 0 bridgehead atoms. The van der Waals surface area contributed by atoms with Gasteiger partial charge in [0.2, 0.25) is 0 Å². The van der Waals surface area contributed by atoms with Gasteiger partial charge in [-0.2, -0.15) is 0 Å². The Balaban J connectivity index is 2.89. The van der Waals surface area contributed by atoms with Crippen molar-refractivity contribution in [1.29, 1.82) is 0 Å². The predicted octanol–water partition coefficient (Wildman–Crippen LogP) is 2.48. The Morgan fingerprint density at radius 3 is 1.73 bits per heavy atom. The van der Waals surface area contributed by atoms with E-state index in [1.807, 2.05) is 0 Å². The number of hydroxylamine groups is 1. The second-order valence-corrected chi connectivity index (χ2v) is 4.25. The third kappa shape index (κ3) is 2.82. The van der Waals surface area contributed by atoms with E-state index in [0.29, 0.717) is 5.69 Å². The highest BCUT2D eigenvalue weighted by Gasteiger charge is 2.12. The van der Waals surface area contributed by atoms with Crippen LogP contribution < -0.4 is 10.3 Å². The van der Waals surface area contributed by atoms with Crippen LogP contribution in [-0.4, -0.2) is 10.7 Å². The molecule has 0 aromatic heterocycles. The minimum Gasteiger partial charge on any atom is -0.758 e. The highest BCUT2D eigenvalue weighted by Crippen LogP contribution is 2.24. The first-order chi connectivity index (χ1) is 6.82. The van der Waals surface area contributed by atoms with Crippen molar-refractivity contribution in [1.82, 2.24) is 0 Å². The fraction of sp³-hybridized carbons (Fsp3) is 0.400. The molecule has 1 N–H and O–H groups in total. The summed E-state index contributed by atoms with van der Waals surface area (Å²) >= 11 is 0. The molecule has 0 saturated carbocycles. The van der Waals surface area contributed by atoms with E-state index in [-0.39, 0.29) is 10.9 Å². The van der Waals surface area contributed by atoms with Crippen LogP contribution >= 0.6 is 0 Å². The van der Waals surface area contributed by atoms with Crippen molar-refractivity contribution in [3.05, 3.63) is 34.7 Å². The Morgan fingerprint density at radius 1 is 1.00 bits per heavy atom. The quantitative estimate of drug-likeness (QED) is 0.759. The van der Waals surface area contributed by atoms with Crippen molar-refractivity contribution in [2.24, 2.45) is 0 Å². The van der Waals surface area contributed by atoms with Crippen LogP contribution in [0, 0.1) is 10.4 Å². The standard InChI is InChI=1S/C10H14N2O3/c1-10(2,3)11(13)8-4-6-9(7-5-8)12(14)15/h4-7,14H,1-3H3/q-2. The Labute approximate surface area is 88.7 Å². The molecule has 0 spiro atoms. The Hall–Kier alpha value is -1.30. The maximum Gasteiger partial charge on any atom is 0.0510 e. The average Bonchev–Trinajstić information content (AvgIpc) is 2.15. The first-order valence-electron chi connectivity index (χ1n) is 4.56. The van der Waals surface area contributed by atoms with Gasteiger partial charge in [-0.15, -0.1) is 0 Å². The summed E-state index contributed by atoms with van der Waals surface area (Å²) < 4.78 is 0. The van der Waals surface area contributed by atoms with Gasteiger partial charge in [-0.25, -0.2) is 0 Å². The summed E-state index contributed by atoms with van der Waals surface area (Å²) in [5, 5.41) is 31.4. The zero-order valence-electron chi connectivity index (χ0n) is 8.97. The monoisotopic (exact) mass is 210 g/mol. The second-order valence-electron chi connectivity index (χ2n) is 4.25. The molecular formula is C10H14N2O3-2. The summed E-state index contributed by atoms with van der Waals surface area (Å²) in [6.45, 7) is 5.37. The lowest BCUT2D eigenvalue weighted by molar-refractivity contribution is 0.296. The number of anilines is 2. The molecule has 0 atom stereocenters. The lowest BCUT2D eigenvalue weighted by Crippen LogP contribution is -2.36. The van der Waals surface area contributed by atoms with Gasteiger partial charge in [-0.05, 0) is 45.0 Å². The maximum atomic E-state index is 11.7. The van der Waals surface area contributed by atoms with Crippen LogP contribution in [0.15, 0.2) is 24.3 Å². The van der Waals surface area contributed by atoms with Crippen molar-refractivity contribution in [2.75, 3.05) is 10.3 Å². The van der Waals surface area contributed by atoms with Gasteiger partial charge >= 0.3 is 0 Å². The summed E-state index contributed by atoms with van der Waals surface area (Å²) in [5.41, 5.74) is 0.0203. The van der Waals surface area contributed by atoms with E-state index in [4.69, 9.17) is 5.21 Å². The third-order valence-corrected chi connectivity index (χ3v) is 1.91. The SMILES string of the molecule is CC(C)(C)N([O-])c1ccc(N([O-])O)cc1. The first-order valence-corrected chi connectivity index (χ1v) is 4.56. The summed E-state index contributed by atoms with van der Waals surface area (Å²) in [4.78, 5) is 0. The van der Waals surface area contributed by atoms with Crippen LogP contribution in [0.2, 0.25) is 0 Å². The smallest absolute Gasteiger partial charge is 0.0510 e. The van der Waals surface area contributed by atoms with Gasteiger partial charge in [0.25, 0.3) is 0 Å². The van der Waals surface area contributed by atoms with Crippen molar-refractivity contribution in [3.8, 4) is 0 Å². The molecule has 0 aliphatic heterocycles. The molecule has 5 nitrogen and oxygen atoms in total. The fourth-order valence-corrected chi connectivity index (χ4v) is 1.10. The maximum absolute atomic E-state index is 11.7. The molecule has 0 amide bonds. The van der Waals surface area contributed by atoms with Gasteiger partial charge in [0, 0.05) is 11.2 Å². The lowest BCUT2D eigenvalue weighted by atomic mass is 10.1. The molecule has 0 unspecified atom stereocenters. The number of rotatable bonds is 2. The summed E-state index contributed by atoms with van der Waals surface area (Å²) in [5.74, 6) is 0. The van der Waals surface area contributed by atoms with E-state index in [1.54, 1.807) is 20.8 Å².